The summed E-state index contributed by atoms with van der Waals surface area (Å²) in [7, 11) is 0. The quantitative estimate of drug-likeness (QED) is 0.580. The minimum absolute atomic E-state index is 0.195. The van der Waals surface area contributed by atoms with Crippen LogP contribution < -0.4 is 10.6 Å². The van der Waals surface area contributed by atoms with Crippen LogP contribution in [0, 0.1) is 20.8 Å². The summed E-state index contributed by atoms with van der Waals surface area (Å²) < 4.78 is 0. The lowest BCUT2D eigenvalue weighted by Gasteiger charge is -2.07. The van der Waals surface area contributed by atoms with Crippen LogP contribution >= 0.6 is 22.9 Å². The van der Waals surface area contributed by atoms with Crippen LogP contribution in [0.1, 0.15) is 36.7 Å². The lowest BCUT2D eigenvalue weighted by molar-refractivity contribution is 0.102. The zero-order chi connectivity index (χ0) is 19.6. The number of nitrogens with one attached hydrogen (secondary N) is 2. The number of halogens is 1. The molecule has 0 saturated carbocycles. The number of thiophene rings is 1. The van der Waals surface area contributed by atoms with E-state index >= 15 is 0 Å². The lowest BCUT2D eigenvalue weighted by Crippen LogP contribution is -2.12. The Hall–Kier alpha value is -2.63. The maximum Gasteiger partial charge on any atom is 0.266 e. The van der Waals surface area contributed by atoms with E-state index in [2.05, 4.69) is 10.6 Å². The summed E-state index contributed by atoms with van der Waals surface area (Å²) in [5, 5.41) is 6.71. The topological polar surface area (TPSA) is 58.2 Å². The van der Waals surface area contributed by atoms with E-state index in [4.69, 9.17) is 11.6 Å². The second-order valence-electron chi connectivity index (χ2n) is 6.31. The Morgan fingerprint density at radius 1 is 0.852 bits per heavy atom. The molecule has 0 saturated heterocycles. The van der Waals surface area contributed by atoms with E-state index in [1.165, 1.54) is 16.9 Å². The molecule has 4 nitrogen and oxygen atoms in total. The fourth-order valence-corrected chi connectivity index (χ4v) is 3.79. The maximum atomic E-state index is 12.6. The molecule has 0 bridgehead atoms. The van der Waals surface area contributed by atoms with Crippen molar-refractivity contribution in [2.75, 3.05) is 10.6 Å². The minimum atomic E-state index is -0.303. The van der Waals surface area contributed by atoms with Crippen molar-refractivity contribution in [1.29, 1.82) is 0 Å². The number of hydrogen-bond donors (Lipinski definition) is 2. The van der Waals surface area contributed by atoms with Crippen molar-refractivity contribution in [3.05, 3.63) is 80.7 Å². The van der Waals surface area contributed by atoms with E-state index in [1.807, 2.05) is 39.0 Å². The summed E-state index contributed by atoms with van der Waals surface area (Å²) in [5.41, 5.74) is 4.23. The van der Waals surface area contributed by atoms with Crippen molar-refractivity contribution in [2.45, 2.75) is 20.8 Å². The fraction of sp³-hybridized carbons (Fsp3) is 0.143. The predicted molar refractivity (Wildman–Crippen MR) is 112 cm³/mol. The second kappa shape index (κ2) is 7.94. The van der Waals surface area contributed by atoms with Gasteiger partial charge in [-0.3, -0.25) is 9.59 Å². The Balaban J connectivity index is 1.75. The van der Waals surface area contributed by atoms with Crippen LogP contribution in [0.2, 0.25) is 5.02 Å². The number of benzene rings is 2. The summed E-state index contributed by atoms with van der Waals surface area (Å²) in [6.07, 6.45) is 0. The van der Waals surface area contributed by atoms with Gasteiger partial charge in [-0.25, -0.2) is 0 Å². The van der Waals surface area contributed by atoms with Crippen molar-refractivity contribution in [3.8, 4) is 0 Å². The molecule has 3 rings (SSSR count). The van der Waals surface area contributed by atoms with E-state index in [0.29, 0.717) is 20.5 Å². The highest BCUT2D eigenvalue weighted by Crippen LogP contribution is 2.29. The Morgan fingerprint density at radius 2 is 1.59 bits per heavy atom. The molecule has 0 radical (unpaired) electrons. The summed E-state index contributed by atoms with van der Waals surface area (Å²) in [6, 6.07) is 14.4. The first-order valence-electron chi connectivity index (χ1n) is 8.40. The SMILES string of the molecule is Cc1ccc(NC(=O)c2sc(NC(=O)c3ccccc3Cl)cc2C)cc1C. The first-order chi connectivity index (χ1) is 12.8. The number of hydrogen-bond acceptors (Lipinski definition) is 3. The summed E-state index contributed by atoms with van der Waals surface area (Å²) in [4.78, 5) is 25.6. The van der Waals surface area contributed by atoms with Crippen LogP contribution in [0.3, 0.4) is 0 Å². The van der Waals surface area contributed by atoms with Crippen molar-refractivity contribution in [2.24, 2.45) is 0 Å². The zero-order valence-corrected chi connectivity index (χ0v) is 16.8. The third kappa shape index (κ3) is 4.38. The molecule has 3 aromatic rings. The van der Waals surface area contributed by atoms with Crippen molar-refractivity contribution in [1.82, 2.24) is 0 Å². The highest BCUT2D eigenvalue weighted by molar-refractivity contribution is 7.18. The lowest BCUT2D eigenvalue weighted by atomic mass is 10.1. The molecule has 0 unspecified atom stereocenters. The highest BCUT2D eigenvalue weighted by Gasteiger charge is 2.17. The molecule has 0 aliphatic carbocycles. The average Bonchev–Trinajstić information content (AvgIpc) is 2.99. The van der Waals surface area contributed by atoms with Gasteiger partial charge in [-0.1, -0.05) is 29.8 Å². The molecule has 0 atom stereocenters. The van der Waals surface area contributed by atoms with E-state index in [1.54, 1.807) is 30.3 Å². The van der Waals surface area contributed by atoms with Crippen LogP contribution in [0.4, 0.5) is 10.7 Å². The number of rotatable bonds is 4. The van der Waals surface area contributed by atoms with Crippen molar-refractivity contribution < 1.29 is 9.59 Å². The van der Waals surface area contributed by atoms with E-state index < -0.39 is 0 Å². The van der Waals surface area contributed by atoms with Crippen molar-refractivity contribution >= 4 is 45.4 Å². The van der Waals surface area contributed by atoms with Crippen LogP contribution in [0.15, 0.2) is 48.5 Å². The summed E-state index contributed by atoms with van der Waals surface area (Å²) in [6.45, 7) is 5.87. The highest BCUT2D eigenvalue weighted by atomic mass is 35.5. The molecule has 2 aromatic carbocycles. The Bertz CT molecular complexity index is 1030. The van der Waals surface area contributed by atoms with Gasteiger partial charge in [-0.15, -0.1) is 11.3 Å². The van der Waals surface area contributed by atoms with Crippen LogP contribution in [0.5, 0.6) is 0 Å². The van der Waals surface area contributed by atoms with Gasteiger partial charge in [0.1, 0.15) is 0 Å². The van der Waals surface area contributed by atoms with E-state index in [9.17, 15) is 9.59 Å². The predicted octanol–water partition coefficient (Wildman–Crippen LogP) is 5.83. The molecule has 0 aliphatic rings. The Morgan fingerprint density at radius 3 is 2.30 bits per heavy atom. The van der Waals surface area contributed by atoms with Gasteiger partial charge in [0.25, 0.3) is 11.8 Å². The van der Waals surface area contributed by atoms with Crippen LogP contribution in [0.25, 0.3) is 0 Å². The average molecular weight is 399 g/mol. The largest absolute Gasteiger partial charge is 0.321 e. The molecule has 0 aliphatic heterocycles. The van der Waals surface area contributed by atoms with Gasteiger partial charge in [-0.05, 0) is 67.8 Å². The minimum Gasteiger partial charge on any atom is -0.321 e. The maximum absolute atomic E-state index is 12.6. The molecule has 2 amide bonds. The van der Waals surface area contributed by atoms with Gasteiger partial charge in [0, 0.05) is 5.69 Å². The second-order valence-corrected chi connectivity index (χ2v) is 7.77. The number of anilines is 2. The Kier molecular flexibility index (Phi) is 5.63. The number of amides is 2. The molecule has 0 fully saturated rings. The molecular weight excluding hydrogens is 380 g/mol. The van der Waals surface area contributed by atoms with Gasteiger partial charge in [0.15, 0.2) is 0 Å². The zero-order valence-electron chi connectivity index (χ0n) is 15.2. The molecule has 27 heavy (non-hydrogen) atoms. The van der Waals surface area contributed by atoms with Gasteiger partial charge < -0.3 is 10.6 Å². The smallest absolute Gasteiger partial charge is 0.266 e. The number of carbonyl (C=O) groups is 2. The third-order valence-corrected chi connectivity index (χ3v) is 5.72. The number of carbonyl (C=O) groups excluding carboxylic acids is 2. The summed E-state index contributed by atoms with van der Waals surface area (Å²) >= 11 is 7.30. The van der Waals surface area contributed by atoms with Gasteiger partial charge in [0.2, 0.25) is 0 Å². The summed E-state index contributed by atoms with van der Waals surface area (Å²) in [5.74, 6) is -0.498. The van der Waals surface area contributed by atoms with Gasteiger partial charge in [-0.2, -0.15) is 0 Å². The van der Waals surface area contributed by atoms with Gasteiger partial charge in [0.05, 0.1) is 20.5 Å². The molecule has 6 heteroatoms. The van der Waals surface area contributed by atoms with E-state index in [-0.39, 0.29) is 11.8 Å². The molecule has 1 aromatic heterocycles. The monoisotopic (exact) mass is 398 g/mol. The third-order valence-electron chi connectivity index (χ3n) is 4.24. The molecule has 1 heterocycles. The number of aryl methyl sites for hydroxylation is 3. The fourth-order valence-electron chi connectivity index (χ4n) is 2.60. The van der Waals surface area contributed by atoms with Gasteiger partial charge >= 0.3 is 0 Å². The molecule has 2 N–H and O–H groups in total. The van der Waals surface area contributed by atoms with Crippen LogP contribution in [-0.2, 0) is 0 Å². The molecule has 138 valence electrons. The Labute approximate surface area is 167 Å². The molecule has 0 spiro atoms. The molecular formula is C21H19ClN2O2S. The normalized spacial score (nSPS) is 10.5. The first kappa shape index (κ1) is 19.1. The van der Waals surface area contributed by atoms with E-state index in [0.717, 1.165) is 16.8 Å². The first-order valence-corrected chi connectivity index (χ1v) is 9.59. The van der Waals surface area contributed by atoms with Crippen molar-refractivity contribution in [3.63, 3.8) is 0 Å². The standard InChI is InChI=1S/C21H19ClN2O2S/c1-12-8-9-15(10-13(12)2)23-21(26)19-14(3)11-18(27-19)24-20(25)16-6-4-5-7-17(16)22/h4-11H,1-3H3,(H,23,26)(H,24,25). The van der Waals surface area contributed by atoms with Crippen LogP contribution in [-0.4, -0.2) is 11.8 Å².